The normalized spacial score (nSPS) is 12.8. The lowest BCUT2D eigenvalue weighted by molar-refractivity contribution is 0.415. The Bertz CT molecular complexity index is 882. The monoisotopic (exact) mass is 319 g/mol. The van der Waals surface area contributed by atoms with E-state index in [1.54, 1.807) is 7.11 Å². The van der Waals surface area contributed by atoms with Gasteiger partial charge in [-0.15, -0.1) is 0 Å². The number of para-hydroxylation sites is 1. The van der Waals surface area contributed by atoms with Gasteiger partial charge >= 0.3 is 0 Å². The van der Waals surface area contributed by atoms with Crippen LogP contribution in [0.4, 0.5) is 5.82 Å². The van der Waals surface area contributed by atoms with E-state index in [9.17, 15) is 0 Å². The summed E-state index contributed by atoms with van der Waals surface area (Å²) in [6.45, 7) is 3.14. The van der Waals surface area contributed by atoms with Crippen LogP contribution in [0, 0.1) is 0 Å². The van der Waals surface area contributed by atoms with Gasteiger partial charge in [0.25, 0.3) is 0 Å². The minimum absolute atomic E-state index is 0.857. The van der Waals surface area contributed by atoms with Gasteiger partial charge in [-0.1, -0.05) is 37.3 Å². The number of methoxy groups -OCH3 is 1. The largest absolute Gasteiger partial charge is 0.497 e. The molecule has 0 spiro atoms. The van der Waals surface area contributed by atoms with E-state index in [1.165, 1.54) is 11.1 Å². The minimum Gasteiger partial charge on any atom is -0.497 e. The summed E-state index contributed by atoms with van der Waals surface area (Å²) in [7, 11) is 1.70. The number of fused-ring (bicyclic) bond motifs is 1. The van der Waals surface area contributed by atoms with E-state index in [4.69, 9.17) is 9.84 Å². The lowest BCUT2D eigenvalue weighted by Gasteiger charge is -2.10. The Balaban J connectivity index is 1.89. The van der Waals surface area contributed by atoms with E-state index in [-0.39, 0.29) is 0 Å². The highest BCUT2D eigenvalue weighted by Gasteiger charge is 2.24. The highest BCUT2D eigenvalue weighted by atomic mass is 16.5. The third-order valence-electron chi connectivity index (χ3n) is 4.59. The van der Waals surface area contributed by atoms with Crippen LogP contribution in [0.3, 0.4) is 0 Å². The quantitative estimate of drug-likeness (QED) is 0.787. The molecule has 0 amide bonds. The molecule has 1 aliphatic rings. The molecule has 1 aromatic heterocycles. The Hall–Kier alpha value is -2.75. The summed E-state index contributed by atoms with van der Waals surface area (Å²) in [4.78, 5) is 0. The van der Waals surface area contributed by atoms with Gasteiger partial charge in [-0.05, 0) is 36.6 Å². The van der Waals surface area contributed by atoms with E-state index in [0.717, 1.165) is 47.9 Å². The highest BCUT2D eigenvalue weighted by Crippen LogP contribution is 2.36. The molecular weight excluding hydrogens is 298 g/mol. The summed E-state index contributed by atoms with van der Waals surface area (Å²) in [6, 6.07) is 16.6. The summed E-state index contributed by atoms with van der Waals surface area (Å²) in [5.41, 5.74) is 5.88. The summed E-state index contributed by atoms with van der Waals surface area (Å²) in [5, 5.41) is 8.46. The van der Waals surface area contributed by atoms with Gasteiger partial charge < -0.3 is 10.1 Å². The fraction of sp³-hybridized carbons (Fsp3) is 0.250. The van der Waals surface area contributed by atoms with Gasteiger partial charge in [-0.3, -0.25) is 0 Å². The SMILES string of the molecule is CCc1ccccc1-n1nc(-c2cccc(OC)c2)c2c1NCC2. The number of aryl methyl sites for hydroxylation is 1. The van der Waals surface area contributed by atoms with Crippen molar-refractivity contribution in [1.29, 1.82) is 0 Å². The first-order chi connectivity index (χ1) is 11.8. The lowest BCUT2D eigenvalue weighted by Crippen LogP contribution is -2.06. The topological polar surface area (TPSA) is 39.1 Å². The summed E-state index contributed by atoms with van der Waals surface area (Å²) in [6.07, 6.45) is 1.98. The van der Waals surface area contributed by atoms with Crippen LogP contribution in [-0.2, 0) is 12.8 Å². The molecule has 122 valence electrons. The fourth-order valence-corrected chi connectivity index (χ4v) is 3.37. The molecule has 1 aliphatic heterocycles. The van der Waals surface area contributed by atoms with Gasteiger partial charge in [0.1, 0.15) is 11.6 Å². The average molecular weight is 319 g/mol. The van der Waals surface area contributed by atoms with Crippen LogP contribution < -0.4 is 10.1 Å². The number of anilines is 1. The van der Waals surface area contributed by atoms with Crippen molar-refractivity contribution in [2.24, 2.45) is 0 Å². The Kier molecular flexibility index (Phi) is 3.73. The van der Waals surface area contributed by atoms with Crippen LogP contribution in [-0.4, -0.2) is 23.4 Å². The van der Waals surface area contributed by atoms with Crippen LogP contribution in [0.1, 0.15) is 18.1 Å². The number of aromatic nitrogens is 2. The van der Waals surface area contributed by atoms with Crippen molar-refractivity contribution in [3.05, 3.63) is 59.7 Å². The van der Waals surface area contributed by atoms with E-state index in [2.05, 4.69) is 53.3 Å². The summed E-state index contributed by atoms with van der Waals surface area (Å²) in [5.74, 6) is 1.98. The molecule has 4 heteroatoms. The Labute approximate surface area is 142 Å². The van der Waals surface area contributed by atoms with Gasteiger partial charge in [0.2, 0.25) is 0 Å². The second-order valence-corrected chi connectivity index (χ2v) is 5.98. The third kappa shape index (κ3) is 2.35. The molecule has 4 nitrogen and oxygen atoms in total. The average Bonchev–Trinajstić information content (AvgIpc) is 3.24. The number of hydrogen-bond donors (Lipinski definition) is 1. The molecule has 1 N–H and O–H groups in total. The van der Waals surface area contributed by atoms with Crippen molar-refractivity contribution in [3.8, 4) is 22.7 Å². The number of hydrogen-bond acceptors (Lipinski definition) is 3. The van der Waals surface area contributed by atoms with E-state index in [0.29, 0.717) is 0 Å². The number of ether oxygens (including phenoxy) is 1. The third-order valence-corrected chi connectivity index (χ3v) is 4.59. The van der Waals surface area contributed by atoms with Crippen molar-refractivity contribution in [1.82, 2.24) is 9.78 Å². The molecule has 0 fully saturated rings. The molecule has 0 aliphatic carbocycles. The van der Waals surface area contributed by atoms with Crippen molar-refractivity contribution in [2.45, 2.75) is 19.8 Å². The van der Waals surface area contributed by atoms with Crippen LogP contribution in [0.15, 0.2) is 48.5 Å². The molecule has 4 rings (SSSR count). The second kappa shape index (κ2) is 6.04. The van der Waals surface area contributed by atoms with Crippen molar-refractivity contribution in [2.75, 3.05) is 19.0 Å². The molecule has 0 saturated heterocycles. The van der Waals surface area contributed by atoms with Gasteiger partial charge in [-0.2, -0.15) is 5.10 Å². The standard InChI is InChI=1S/C20H21N3O/c1-3-14-7-4-5-10-18(14)23-20-17(11-12-21-20)19(22-23)15-8-6-9-16(13-15)24-2/h4-10,13,21H,3,11-12H2,1-2H3. The highest BCUT2D eigenvalue weighted by molar-refractivity contribution is 5.73. The van der Waals surface area contributed by atoms with Gasteiger partial charge in [0.15, 0.2) is 0 Å². The first kappa shape index (κ1) is 14.8. The molecule has 3 aromatic rings. The number of benzene rings is 2. The molecule has 0 bridgehead atoms. The minimum atomic E-state index is 0.857. The van der Waals surface area contributed by atoms with Crippen LogP contribution in [0.2, 0.25) is 0 Å². The molecule has 2 aromatic carbocycles. The van der Waals surface area contributed by atoms with Gasteiger partial charge in [0, 0.05) is 17.7 Å². The lowest BCUT2D eigenvalue weighted by atomic mass is 10.1. The van der Waals surface area contributed by atoms with E-state index < -0.39 is 0 Å². The molecule has 24 heavy (non-hydrogen) atoms. The molecule has 0 radical (unpaired) electrons. The summed E-state index contributed by atoms with van der Waals surface area (Å²) >= 11 is 0. The van der Waals surface area contributed by atoms with Crippen molar-refractivity contribution >= 4 is 5.82 Å². The number of rotatable bonds is 4. The maximum Gasteiger partial charge on any atom is 0.133 e. The first-order valence-corrected chi connectivity index (χ1v) is 8.40. The van der Waals surface area contributed by atoms with Crippen LogP contribution in [0.5, 0.6) is 5.75 Å². The van der Waals surface area contributed by atoms with Crippen LogP contribution in [0.25, 0.3) is 16.9 Å². The van der Waals surface area contributed by atoms with Crippen molar-refractivity contribution < 1.29 is 4.74 Å². The molecule has 2 heterocycles. The van der Waals surface area contributed by atoms with Crippen molar-refractivity contribution in [3.63, 3.8) is 0 Å². The zero-order valence-electron chi connectivity index (χ0n) is 14.0. The maximum absolute atomic E-state index is 5.37. The predicted octanol–water partition coefficient (Wildman–Crippen LogP) is 4.08. The molecule has 0 saturated carbocycles. The number of nitrogens with one attached hydrogen (secondary N) is 1. The predicted molar refractivity (Wildman–Crippen MR) is 97.1 cm³/mol. The Morgan fingerprint density at radius 3 is 2.88 bits per heavy atom. The molecule has 0 atom stereocenters. The van der Waals surface area contributed by atoms with Crippen LogP contribution >= 0.6 is 0 Å². The second-order valence-electron chi connectivity index (χ2n) is 5.98. The summed E-state index contributed by atoms with van der Waals surface area (Å²) < 4.78 is 7.44. The zero-order valence-corrected chi connectivity index (χ0v) is 14.0. The van der Waals surface area contributed by atoms with Gasteiger partial charge in [-0.25, -0.2) is 4.68 Å². The maximum atomic E-state index is 5.37. The molecular formula is C20H21N3O. The molecule has 0 unspecified atom stereocenters. The fourth-order valence-electron chi connectivity index (χ4n) is 3.37. The smallest absolute Gasteiger partial charge is 0.133 e. The Morgan fingerprint density at radius 1 is 1.17 bits per heavy atom. The first-order valence-electron chi connectivity index (χ1n) is 8.40. The Morgan fingerprint density at radius 2 is 2.04 bits per heavy atom. The van der Waals surface area contributed by atoms with Gasteiger partial charge in [0.05, 0.1) is 18.5 Å². The number of nitrogens with zero attached hydrogens (tertiary/aromatic N) is 2. The van der Waals surface area contributed by atoms with E-state index in [1.807, 2.05) is 12.1 Å². The zero-order chi connectivity index (χ0) is 16.5. The van der Waals surface area contributed by atoms with E-state index >= 15 is 0 Å².